The van der Waals surface area contributed by atoms with Gasteiger partial charge in [-0.05, 0) is 29.4 Å². The smallest absolute Gasteiger partial charge is 0.270 e. The van der Waals surface area contributed by atoms with Gasteiger partial charge in [-0.2, -0.15) is 4.57 Å². The maximum absolute atomic E-state index is 13.3. The number of aromatic nitrogens is 1. The highest BCUT2D eigenvalue weighted by Gasteiger charge is 2.20. The number of thiocarbonyl (C=S) groups is 1. The fraction of sp³-hybridized carbons (Fsp3) is 0.0909. The van der Waals surface area contributed by atoms with Gasteiger partial charge in [-0.15, -0.1) is 0 Å². The Bertz CT molecular complexity index is 1080. The summed E-state index contributed by atoms with van der Waals surface area (Å²) in [7, 11) is 0. The zero-order chi connectivity index (χ0) is 20.8. The van der Waals surface area contributed by atoms with Gasteiger partial charge in [0.25, 0.3) is 5.69 Å². The summed E-state index contributed by atoms with van der Waals surface area (Å²) in [6, 6.07) is 18.7. The standard InChI is InChI=1S/C22H19N3O3S/c1-2-16-9-4-5-12-19(16)23-22(29)20(24-13-6-3-7-14-24)21(26)17-10-8-11-18(15-17)25(27)28/h3-15H,2H2,1H3,(H-,23,26,29). The molecule has 0 atom stereocenters. The molecule has 0 bridgehead atoms. The minimum Gasteiger partial charge on any atom is -0.867 e. The predicted octanol–water partition coefficient (Wildman–Crippen LogP) is 3.57. The summed E-state index contributed by atoms with van der Waals surface area (Å²) in [6.07, 6.45) is 4.23. The first kappa shape index (κ1) is 20.2. The van der Waals surface area contributed by atoms with Gasteiger partial charge in [0, 0.05) is 30.0 Å². The van der Waals surface area contributed by atoms with Gasteiger partial charge in [0.05, 0.1) is 4.92 Å². The molecule has 0 saturated carbocycles. The van der Waals surface area contributed by atoms with Crippen LogP contribution in [0.2, 0.25) is 0 Å². The molecule has 0 unspecified atom stereocenters. The van der Waals surface area contributed by atoms with Crippen LogP contribution in [-0.4, -0.2) is 9.91 Å². The van der Waals surface area contributed by atoms with E-state index in [1.807, 2.05) is 37.3 Å². The third kappa shape index (κ3) is 4.64. The second-order valence-corrected chi connectivity index (χ2v) is 6.64. The van der Waals surface area contributed by atoms with Crippen molar-refractivity contribution in [2.24, 2.45) is 0 Å². The molecule has 2 aromatic carbocycles. The zero-order valence-electron chi connectivity index (χ0n) is 15.7. The van der Waals surface area contributed by atoms with Crippen molar-refractivity contribution in [3.63, 3.8) is 0 Å². The number of benzene rings is 2. The fourth-order valence-electron chi connectivity index (χ4n) is 2.91. The number of nitro benzene ring substituents is 1. The lowest BCUT2D eigenvalue weighted by Crippen LogP contribution is -2.39. The van der Waals surface area contributed by atoms with Crippen LogP contribution in [0.1, 0.15) is 18.1 Å². The molecule has 0 radical (unpaired) electrons. The Morgan fingerprint density at radius 1 is 1.07 bits per heavy atom. The molecule has 3 rings (SSSR count). The Kier molecular flexibility index (Phi) is 6.31. The molecular formula is C22H19N3O3S. The van der Waals surface area contributed by atoms with Crippen molar-refractivity contribution in [1.82, 2.24) is 0 Å². The molecule has 0 amide bonds. The first-order chi connectivity index (χ1) is 14.0. The van der Waals surface area contributed by atoms with Crippen molar-refractivity contribution in [2.45, 2.75) is 13.3 Å². The molecule has 29 heavy (non-hydrogen) atoms. The van der Waals surface area contributed by atoms with Crippen LogP contribution in [0.5, 0.6) is 0 Å². The lowest BCUT2D eigenvalue weighted by atomic mass is 10.1. The van der Waals surface area contributed by atoms with Crippen molar-refractivity contribution in [3.05, 3.63) is 100 Å². The van der Waals surface area contributed by atoms with Crippen molar-refractivity contribution >= 4 is 40.0 Å². The van der Waals surface area contributed by atoms with Crippen molar-refractivity contribution in [2.75, 3.05) is 5.32 Å². The molecule has 6 nitrogen and oxygen atoms in total. The molecule has 0 aliphatic carbocycles. The number of rotatable bonds is 6. The Balaban J connectivity index is 2.10. The van der Waals surface area contributed by atoms with Crippen LogP contribution in [0, 0.1) is 10.1 Å². The van der Waals surface area contributed by atoms with Gasteiger partial charge >= 0.3 is 0 Å². The number of pyridine rings is 1. The summed E-state index contributed by atoms with van der Waals surface area (Å²) < 4.78 is 1.62. The first-order valence-electron chi connectivity index (χ1n) is 9.03. The number of non-ortho nitro benzene ring substituents is 1. The van der Waals surface area contributed by atoms with Crippen LogP contribution in [0.4, 0.5) is 11.4 Å². The quantitative estimate of drug-likeness (QED) is 0.169. The number of aryl methyl sites for hydroxylation is 1. The minimum atomic E-state index is -0.528. The number of nitrogens with one attached hydrogen (secondary N) is 1. The van der Waals surface area contributed by atoms with Crippen LogP contribution >= 0.6 is 12.2 Å². The van der Waals surface area contributed by atoms with Crippen LogP contribution in [0.15, 0.2) is 79.1 Å². The molecule has 1 aromatic heterocycles. The second kappa shape index (κ2) is 9.07. The van der Waals surface area contributed by atoms with Crippen LogP contribution in [0.3, 0.4) is 0 Å². The maximum Gasteiger partial charge on any atom is 0.270 e. The second-order valence-electron chi connectivity index (χ2n) is 6.23. The average Bonchev–Trinajstić information content (AvgIpc) is 2.75. The summed E-state index contributed by atoms with van der Waals surface area (Å²) in [5, 5.41) is 27.6. The molecular weight excluding hydrogens is 386 g/mol. The fourth-order valence-corrected chi connectivity index (χ4v) is 3.22. The van der Waals surface area contributed by atoms with E-state index in [0.29, 0.717) is 0 Å². The Morgan fingerprint density at radius 3 is 2.48 bits per heavy atom. The predicted molar refractivity (Wildman–Crippen MR) is 115 cm³/mol. The van der Waals surface area contributed by atoms with E-state index in [4.69, 9.17) is 12.2 Å². The molecule has 146 valence electrons. The van der Waals surface area contributed by atoms with Gasteiger partial charge in [-0.25, -0.2) is 0 Å². The maximum atomic E-state index is 13.3. The number of anilines is 1. The summed E-state index contributed by atoms with van der Waals surface area (Å²) in [5.41, 5.74) is 2.14. The Labute approximate surface area is 173 Å². The van der Waals surface area contributed by atoms with Gasteiger partial charge in [0.1, 0.15) is 0 Å². The minimum absolute atomic E-state index is 0.150. The molecule has 0 aliphatic heterocycles. The van der Waals surface area contributed by atoms with E-state index in [1.165, 1.54) is 18.2 Å². The first-order valence-corrected chi connectivity index (χ1v) is 9.44. The van der Waals surface area contributed by atoms with Gasteiger partial charge < -0.3 is 10.4 Å². The topological polar surface area (TPSA) is 82.1 Å². The highest BCUT2D eigenvalue weighted by Crippen LogP contribution is 2.22. The molecule has 7 heteroatoms. The summed E-state index contributed by atoms with van der Waals surface area (Å²) in [6.45, 7) is 2.04. The van der Waals surface area contributed by atoms with Gasteiger partial charge in [-0.1, -0.05) is 55.5 Å². The van der Waals surface area contributed by atoms with Gasteiger partial charge in [-0.3, -0.25) is 10.1 Å². The van der Waals surface area contributed by atoms with Crippen LogP contribution in [0.25, 0.3) is 11.5 Å². The lowest BCUT2D eigenvalue weighted by molar-refractivity contribution is -0.577. The highest BCUT2D eigenvalue weighted by atomic mass is 32.1. The molecule has 0 spiro atoms. The van der Waals surface area contributed by atoms with Crippen molar-refractivity contribution in [3.8, 4) is 0 Å². The molecule has 1 heterocycles. The van der Waals surface area contributed by atoms with E-state index in [2.05, 4.69) is 5.32 Å². The average molecular weight is 405 g/mol. The summed E-state index contributed by atoms with van der Waals surface area (Å²) in [5.74, 6) is -0.406. The molecule has 3 aromatic rings. The van der Waals surface area contributed by atoms with E-state index >= 15 is 0 Å². The number of nitro groups is 1. The summed E-state index contributed by atoms with van der Waals surface area (Å²) in [4.78, 5) is 10.8. The van der Waals surface area contributed by atoms with Crippen LogP contribution < -0.4 is 15.0 Å². The molecule has 0 fully saturated rings. The van der Waals surface area contributed by atoms with E-state index in [-0.39, 0.29) is 21.9 Å². The van der Waals surface area contributed by atoms with E-state index in [1.54, 1.807) is 35.2 Å². The third-order valence-corrected chi connectivity index (χ3v) is 4.66. The zero-order valence-corrected chi connectivity index (χ0v) is 16.6. The SMILES string of the molecule is CCc1ccccc1NC(=S)C(=C([O-])c1cccc([N+](=O)[O-])c1)[n+]1ccccc1. The normalized spacial score (nSPS) is 11.5. The van der Waals surface area contributed by atoms with E-state index in [9.17, 15) is 15.2 Å². The Morgan fingerprint density at radius 2 is 1.79 bits per heavy atom. The largest absolute Gasteiger partial charge is 0.867 e. The number of para-hydroxylation sites is 1. The summed E-state index contributed by atoms with van der Waals surface area (Å²) >= 11 is 5.58. The lowest BCUT2D eigenvalue weighted by Gasteiger charge is -2.17. The molecule has 0 aliphatic rings. The number of nitrogens with zero attached hydrogens (tertiary/aromatic N) is 2. The third-order valence-electron chi connectivity index (χ3n) is 4.37. The van der Waals surface area contributed by atoms with Crippen molar-refractivity contribution < 1.29 is 14.6 Å². The molecule has 0 saturated heterocycles. The molecule has 1 N–H and O–H groups in total. The highest BCUT2D eigenvalue weighted by molar-refractivity contribution is 7.81. The van der Waals surface area contributed by atoms with Crippen LogP contribution in [-0.2, 0) is 6.42 Å². The van der Waals surface area contributed by atoms with E-state index < -0.39 is 10.7 Å². The van der Waals surface area contributed by atoms with Gasteiger partial charge in [0.15, 0.2) is 17.4 Å². The monoisotopic (exact) mass is 405 g/mol. The van der Waals surface area contributed by atoms with E-state index in [0.717, 1.165) is 17.7 Å². The Hall–Kier alpha value is -3.58. The number of hydrogen-bond donors (Lipinski definition) is 1. The van der Waals surface area contributed by atoms with Gasteiger partial charge in [0.2, 0.25) is 5.70 Å². The van der Waals surface area contributed by atoms with Crippen molar-refractivity contribution in [1.29, 1.82) is 0 Å². The number of hydrogen-bond acceptors (Lipinski definition) is 4.